The fourth-order valence-corrected chi connectivity index (χ4v) is 2.83. The van der Waals surface area contributed by atoms with E-state index in [2.05, 4.69) is 12.1 Å². The minimum absolute atomic E-state index is 0.0664. The summed E-state index contributed by atoms with van der Waals surface area (Å²) in [6.45, 7) is 2.68. The number of hydrogen-bond donors (Lipinski definition) is 1. The average molecular weight is 269 g/mol. The summed E-state index contributed by atoms with van der Waals surface area (Å²) in [4.78, 5) is 0. The Labute approximate surface area is 119 Å². The van der Waals surface area contributed by atoms with Gasteiger partial charge in [-0.05, 0) is 30.2 Å². The second-order valence-electron chi connectivity index (χ2n) is 5.21. The largest absolute Gasteiger partial charge is 0.496 e. The monoisotopic (exact) mass is 269 g/mol. The normalized spacial score (nSPS) is 18.2. The molecule has 1 aliphatic heterocycles. The summed E-state index contributed by atoms with van der Waals surface area (Å²) in [6.07, 6.45) is 0. The van der Waals surface area contributed by atoms with Crippen LogP contribution < -0.4 is 15.2 Å². The highest BCUT2D eigenvalue weighted by Crippen LogP contribution is 2.40. The van der Waals surface area contributed by atoms with E-state index in [1.54, 1.807) is 7.11 Å². The Bertz CT molecular complexity index is 624. The number of aryl methyl sites for hydroxylation is 1. The molecule has 104 valence electrons. The molecule has 0 spiro atoms. The molecule has 1 heterocycles. The first-order chi connectivity index (χ1) is 9.70. The van der Waals surface area contributed by atoms with Crippen molar-refractivity contribution in [2.45, 2.75) is 18.9 Å². The Kier molecular flexibility index (Phi) is 3.36. The summed E-state index contributed by atoms with van der Waals surface area (Å²) in [5.74, 6) is 2.06. The molecule has 0 amide bonds. The van der Waals surface area contributed by atoms with E-state index in [0.29, 0.717) is 6.61 Å². The third-order valence-electron chi connectivity index (χ3n) is 3.97. The molecule has 0 radical (unpaired) electrons. The second-order valence-corrected chi connectivity index (χ2v) is 5.21. The van der Waals surface area contributed by atoms with E-state index in [1.807, 2.05) is 37.3 Å². The number of para-hydroxylation sites is 1. The van der Waals surface area contributed by atoms with Gasteiger partial charge in [0.1, 0.15) is 11.5 Å². The summed E-state index contributed by atoms with van der Waals surface area (Å²) in [5.41, 5.74) is 9.88. The van der Waals surface area contributed by atoms with Gasteiger partial charge in [0.05, 0.1) is 13.7 Å². The van der Waals surface area contributed by atoms with E-state index in [4.69, 9.17) is 15.2 Å². The topological polar surface area (TPSA) is 44.5 Å². The van der Waals surface area contributed by atoms with Gasteiger partial charge in [0, 0.05) is 17.5 Å². The molecule has 0 aliphatic carbocycles. The first kappa shape index (κ1) is 13.0. The van der Waals surface area contributed by atoms with Crippen LogP contribution in [0, 0.1) is 6.92 Å². The molecule has 3 nitrogen and oxygen atoms in total. The Balaban J connectivity index is 1.90. The quantitative estimate of drug-likeness (QED) is 0.930. The number of benzene rings is 2. The Morgan fingerprint density at radius 2 is 2.05 bits per heavy atom. The van der Waals surface area contributed by atoms with Crippen molar-refractivity contribution < 1.29 is 9.47 Å². The zero-order valence-electron chi connectivity index (χ0n) is 11.8. The fraction of sp³-hybridized carbons (Fsp3) is 0.294. The maximum Gasteiger partial charge on any atom is 0.122 e. The number of nitrogens with two attached hydrogens (primary N) is 1. The lowest BCUT2D eigenvalue weighted by Gasteiger charge is -2.20. The number of rotatable bonds is 3. The van der Waals surface area contributed by atoms with Crippen molar-refractivity contribution in [1.82, 2.24) is 0 Å². The summed E-state index contributed by atoms with van der Waals surface area (Å²) in [6, 6.07) is 14.2. The van der Waals surface area contributed by atoms with Crippen LogP contribution in [-0.2, 0) is 0 Å². The molecule has 0 bridgehead atoms. The van der Waals surface area contributed by atoms with E-state index in [0.717, 1.165) is 22.6 Å². The van der Waals surface area contributed by atoms with Gasteiger partial charge >= 0.3 is 0 Å². The molecule has 3 rings (SSSR count). The van der Waals surface area contributed by atoms with Gasteiger partial charge < -0.3 is 15.2 Å². The van der Waals surface area contributed by atoms with Gasteiger partial charge in [0.15, 0.2) is 0 Å². The van der Waals surface area contributed by atoms with Crippen LogP contribution in [0.1, 0.15) is 28.7 Å². The van der Waals surface area contributed by atoms with E-state index in [1.165, 1.54) is 5.56 Å². The van der Waals surface area contributed by atoms with Crippen molar-refractivity contribution in [3.05, 3.63) is 59.2 Å². The van der Waals surface area contributed by atoms with Gasteiger partial charge in [-0.15, -0.1) is 0 Å². The van der Waals surface area contributed by atoms with Crippen LogP contribution in [0.5, 0.6) is 11.5 Å². The van der Waals surface area contributed by atoms with Crippen molar-refractivity contribution >= 4 is 0 Å². The van der Waals surface area contributed by atoms with Crippen molar-refractivity contribution in [3.63, 3.8) is 0 Å². The highest BCUT2D eigenvalue weighted by atomic mass is 16.5. The average Bonchev–Trinajstić information content (AvgIpc) is 2.90. The lowest BCUT2D eigenvalue weighted by Crippen LogP contribution is -2.21. The molecule has 2 N–H and O–H groups in total. The number of hydrogen-bond acceptors (Lipinski definition) is 3. The van der Waals surface area contributed by atoms with Crippen LogP contribution in [0.4, 0.5) is 0 Å². The highest BCUT2D eigenvalue weighted by molar-refractivity contribution is 5.44. The summed E-state index contributed by atoms with van der Waals surface area (Å²) in [5, 5.41) is 0. The van der Waals surface area contributed by atoms with Gasteiger partial charge in [0.25, 0.3) is 0 Å². The summed E-state index contributed by atoms with van der Waals surface area (Å²) in [7, 11) is 1.68. The lowest BCUT2D eigenvalue weighted by atomic mass is 9.88. The van der Waals surface area contributed by atoms with Crippen LogP contribution in [0.3, 0.4) is 0 Å². The molecule has 3 heteroatoms. The lowest BCUT2D eigenvalue weighted by molar-refractivity contribution is 0.315. The first-order valence-electron chi connectivity index (χ1n) is 6.82. The van der Waals surface area contributed by atoms with Crippen LogP contribution in [0.25, 0.3) is 0 Å². The Hall–Kier alpha value is -2.00. The van der Waals surface area contributed by atoms with Crippen molar-refractivity contribution in [2.24, 2.45) is 5.73 Å². The molecule has 0 aromatic heterocycles. The third-order valence-corrected chi connectivity index (χ3v) is 3.97. The molecule has 2 aromatic carbocycles. The summed E-state index contributed by atoms with van der Waals surface area (Å²) >= 11 is 0. The minimum Gasteiger partial charge on any atom is -0.496 e. The third kappa shape index (κ3) is 2.14. The zero-order valence-corrected chi connectivity index (χ0v) is 11.8. The molecule has 2 aromatic rings. The maximum absolute atomic E-state index is 6.45. The maximum atomic E-state index is 6.45. The number of methoxy groups -OCH3 is 1. The first-order valence-corrected chi connectivity index (χ1v) is 6.82. The van der Waals surface area contributed by atoms with Crippen molar-refractivity contribution in [1.29, 1.82) is 0 Å². The number of ether oxygens (including phenoxy) is 2. The number of fused-ring (bicyclic) bond motifs is 1. The van der Waals surface area contributed by atoms with E-state index < -0.39 is 0 Å². The van der Waals surface area contributed by atoms with Gasteiger partial charge in [-0.2, -0.15) is 0 Å². The molecular weight excluding hydrogens is 250 g/mol. The molecular formula is C17H19NO2. The van der Waals surface area contributed by atoms with E-state index >= 15 is 0 Å². The molecule has 0 fully saturated rings. The standard InChI is InChI=1S/C17H19NO2/c1-11-9-12(7-8-15(11)19-2)17(18)14-10-20-16-6-4-3-5-13(14)16/h3-9,14,17H,10,18H2,1-2H3. The van der Waals surface area contributed by atoms with Gasteiger partial charge in [-0.1, -0.05) is 30.3 Å². The van der Waals surface area contributed by atoms with Crippen molar-refractivity contribution in [3.8, 4) is 11.5 Å². The Morgan fingerprint density at radius 3 is 2.80 bits per heavy atom. The predicted octanol–water partition coefficient (Wildman–Crippen LogP) is 3.18. The molecule has 20 heavy (non-hydrogen) atoms. The molecule has 1 aliphatic rings. The van der Waals surface area contributed by atoms with Crippen LogP contribution >= 0.6 is 0 Å². The van der Waals surface area contributed by atoms with Gasteiger partial charge in [0.2, 0.25) is 0 Å². The van der Waals surface area contributed by atoms with Gasteiger partial charge in [-0.25, -0.2) is 0 Å². The SMILES string of the molecule is COc1ccc(C(N)C2COc3ccccc32)cc1C. The van der Waals surface area contributed by atoms with Crippen LogP contribution in [0.15, 0.2) is 42.5 Å². The van der Waals surface area contributed by atoms with Crippen LogP contribution in [0.2, 0.25) is 0 Å². The minimum atomic E-state index is -0.0664. The Morgan fingerprint density at radius 1 is 1.25 bits per heavy atom. The van der Waals surface area contributed by atoms with Crippen LogP contribution in [-0.4, -0.2) is 13.7 Å². The fourth-order valence-electron chi connectivity index (χ4n) is 2.83. The molecule has 2 atom stereocenters. The smallest absolute Gasteiger partial charge is 0.122 e. The zero-order chi connectivity index (χ0) is 14.1. The molecule has 0 saturated heterocycles. The van der Waals surface area contributed by atoms with Crippen molar-refractivity contribution in [2.75, 3.05) is 13.7 Å². The molecule has 0 saturated carbocycles. The predicted molar refractivity (Wildman–Crippen MR) is 79.3 cm³/mol. The second kappa shape index (κ2) is 5.17. The summed E-state index contributed by atoms with van der Waals surface area (Å²) < 4.78 is 11.0. The van der Waals surface area contributed by atoms with Gasteiger partial charge in [-0.3, -0.25) is 0 Å². The van der Waals surface area contributed by atoms with E-state index in [-0.39, 0.29) is 12.0 Å². The molecule has 2 unspecified atom stereocenters. The highest BCUT2D eigenvalue weighted by Gasteiger charge is 2.30. The van der Waals surface area contributed by atoms with E-state index in [9.17, 15) is 0 Å².